The monoisotopic (exact) mass is 220 g/mol. The zero-order valence-corrected chi connectivity index (χ0v) is 9.13. The first-order valence-corrected chi connectivity index (χ1v) is 5.64. The Bertz CT molecular complexity index is 347. The van der Waals surface area contributed by atoms with Crippen LogP contribution in [-0.4, -0.2) is 29.7 Å². The summed E-state index contributed by atoms with van der Waals surface area (Å²) in [7, 11) is 0. The van der Waals surface area contributed by atoms with Gasteiger partial charge in [-0.15, -0.1) is 0 Å². The van der Waals surface area contributed by atoms with Gasteiger partial charge in [0.1, 0.15) is 0 Å². The van der Waals surface area contributed by atoms with Crippen LogP contribution in [0, 0.1) is 0 Å². The Morgan fingerprint density at radius 3 is 2.56 bits per heavy atom. The number of hydrogen-bond donors (Lipinski definition) is 1. The van der Waals surface area contributed by atoms with Crippen LogP contribution >= 0.6 is 0 Å². The average molecular weight is 220 g/mol. The Morgan fingerprint density at radius 2 is 1.94 bits per heavy atom. The zero-order chi connectivity index (χ0) is 11.4. The molecule has 1 aliphatic heterocycles. The van der Waals surface area contributed by atoms with Crippen molar-refractivity contribution in [3.63, 3.8) is 0 Å². The molecule has 0 bridgehead atoms. The van der Waals surface area contributed by atoms with Crippen LogP contribution in [-0.2, 0) is 4.74 Å². The number of Topliss-reactive ketones (excluding diaryl/α,β-unsaturated/α-hetero) is 1. The summed E-state index contributed by atoms with van der Waals surface area (Å²) in [5.74, 6) is 0.115. The van der Waals surface area contributed by atoms with Gasteiger partial charge in [-0.3, -0.25) is 4.79 Å². The summed E-state index contributed by atoms with van der Waals surface area (Å²) in [5, 5.41) is 8.93. The Hall–Kier alpha value is -1.19. The first kappa shape index (κ1) is 11.3. The van der Waals surface area contributed by atoms with Crippen LogP contribution in [0.1, 0.15) is 29.6 Å². The molecule has 3 nitrogen and oxygen atoms in total. The first-order valence-electron chi connectivity index (χ1n) is 5.64. The molecule has 0 saturated carbocycles. The maximum Gasteiger partial charge on any atom is 0.165 e. The maximum absolute atomic E-state index is 11.9. The van der Waals surface area contributed by atoms with Crippen LogP contribution in [0.5, 0.6) is 0 Å². The highest BCUT2D eigenvalue weighted by Crippen LogP contribution is 2.23. The smallest absolute Gasteiger partial charge is 0.165 e. The standard InChI is InChI=1S/C13H16O3/c14-9-12-7-6-11(16-12)8-13(15)10-4-2-1-3-5-10/h1-5,11-12,14H,6-9H2/t11-,12-/m1/s1. The second-order valence-electron chi connectivity index (χ2n) is 4.13. The van der Waals surface area contributed by atoms with Gasteiger partial charge in [0, 0.05) is 12.0 Å². The van der Waals surface area contributed by atoms with Gasteiger partial charge in [-0.25, -0.2) is 0 Å². The van der Waals surface area contributed by atoms with Crippen LogP contribution in [0.2, 0.25) is 0 Å². The van der Waals surface area contributed by atoms with E-state index in [-0.39, 0.29) is 24.6 Å². The zero-order valence-electron chi connectivity index (χ0n) is 9.13. The fraction of sp³-hybridized carbons (Fsp3) is 0.462. The van der Waals surface area contributed by atoms with Gasteiger partial charge in [0.25, 0.3) is 0 Å². The lowest BCUT2D eigenvalue weighted by molar-refractivity contribution is 0.00981. The largest absolute Gasteiger partial charge is 0.394 e. The summed E-state index contributed by atoms with van der Waals surface area (Å²) >= 11 is 0. The Kier molecular flexibility index (Phi) is 3.70. The molecule has 0 unspecified atom stereocenters. The number of aliphatic hydroxyl groups is 1. The number of hydrogen-bond acceptors (Lipinski definition) is 3. The summed E-state index contributed by atoms with van der Waals surface area (Å²) in [6, 6.07) is 9.25. The molecule has 0 amide bonds. The van der Waals surface area contributed by atoms with Crippen molar-refractivity contribution in [1.82, 2.24) is 0 Å². The Labute approximate surface area is 95.0 Å². The predicted octanol–water partition coefficient (Wildman–Crippen LogP) is 1.80. The van der Waals surface area contributed by atoms with Crippen molar-refractivity contribution >= 4 is 5.78 Å². The van der Waals surface area contributed by atoms with Crippen LogP contribution in [0.25, 0.3) is 0 Å². The topological polar surface area (TPSA) is 46.5 Å². The van der Waals surface area contributed by atoms with Gasteiger partial charge in [0.05, 0.1) is 18.8 Å². The SMILES string of the molecule is O=C(C[C@H]1CC[C@H](CO)O1)c1ccccc1. The van der Waals surface area contributed by atoms with Gasteiger partial charge in [-0.05, 0) is 12.8 Å². The van der Waals surface area contributed by atoms with Crippen molar-refractivity contribution < 1.29 is 14.6 Å². The van der Waals surface area contributed by atoms with E-state index in [1.54, 1.807) is 0 Å². The molecule has 0 spiro atoms. The van der Waals surface area contributed by atoms with E-state index in [2.05, 4.69) is 0 Å². The molecular formula is C13H16O3. The Morgan fingerprint density at radius 1 is 1.25 bits per heavy atom. The third-order valence-corrected chi connectivity index (χ3v) is 2.91. The van der Waals surface area contributed by atoms with E-state index in [0.717, 1.165) is 18.4 Å². The second-order valence-corrected chi connectivity index (χ2v) is 4.13. The van der Waals surface area contributed by atoms with E-state index < -0.39 is 0 Å². The van der Waals surface area contributed by atoms with E-state index in [4.69, 9.17) is 9.84 Å². The van der Waals surface area contributed by atoms with Gasteiger partial charge in [-0.2, -0.15) is 0 Å². The third kappa shape index (κ3) is 2.68. The molecule has 1 aromatic carbocycles. The third-order valence-electron chi connectivity index (χ3n) is 2.91. The molecule has 3 heteroatoms. The molecule has 0 aromatic heterocycles. The lowest BCUT2D eigenvalue weighted by atomic mass is 10.0. The molecule has 0 radical (unpaired) electrons. The number of carbonyl (C=O) groups is 1. The molecule has 2 rings (SSSR count). The molecule has 1 N–H and O–H groups in total. The minimum atomic E-state index is -0.0754. The molecule has 1 heterocycles. The molecule has 16 heavy (non-hydrogen) atoms. The average Bonchev–Trinajstić information content (AvgIpc) is 2.78. The minimum Gasteiger partial charge on any atom is -0.394 e. The van der Waals surface area contributed by atoms with Gasteiger partial charge >= 0.3 is 0 Å². The highest BCUT2D eigenvalue weighted by molar-refractivity contribution is 5.96. The lowest BCUT2D eigenvalue weighted by Crippen LogP contribution is -2.17. The fourth-order valence-corrected chi connectivity index (χ4v) is 2.01. The normalized spacial score (nSPS) is 24.6. The van der Waals surface area contributed by atoms with Gasteiger partial charge < -0.3 is 9.84 Å². The van der Waals surface area contributed by atoms with E-state index in [1.165, 1.54) is 0 Å². The summed E-state index contributed by atoms with van der Waals surface area (Å²) in [5.41, 5.74) is 0.735. The number of ether oxygens (including phenoxy) is 1. The van der Waals surface area contributed by atoms with Crippen molar-refractivity contribution in [2.45, 2.75) is 31.5 Å². The van der Waals surface area contributed by atoms with Gasteiger partial charge in [0.15, 0.2) is 5.78 Å². The van der Waals surface area contributed by atoms with E-state index in [0.29, 0.717) is 6.42 Å². The van der Waals surface area contributed by atoms with Gasteiger partial charge in [-0.1, -0.05) is 30.3 Å². The van der Waals surface area contributed by atoms with Crippen molar-refractivity contribution in [1.29, 1.82) is 0 Å². The number of carbonyl (C=O) groups excluding carboxylic acids is 1. The highest BCUT2D eigenvalue weighted by atomic mass is 16.5. The van der Waals surface area contributed by atoms with Crippen molar-refractivity contribution in [2.75, 3.05) is 6.61 Å². The van der Waals surface area contributed by atoms with E-state index in [9.17, 15) is 4.79 Å². The highest BCUT2D eigenvalue weighted by Gasteiger charge is 2.26. The summed E-state index contributed by atoms with van der Waals surface area (Å²) in [6.07, 6.45) is 2.03. The molecule has 1 fully saturated rings. The Balaban J connectivity index is 1.89. The van der Waals surface area contributed by atoms with Crippen LogP contribution in [0.3, 0.4) is 0 Å². The van der Waals surface area contributed by atoms with Crippen LogP contribution in [0.4, 0.5) is 0 Å². The number of benzene rings is 1. The number of rotatable bonds is 4. The maximum atomic E-state index is 11.9. The van der Waals surface area contributed by atoms with E-state index in [1.807, 2.05) is 30.3 Å². The van der Waals surface area contributed by atoms with Crippen LogP contribution < -0.4 is 0 Å². The first-order chi connectivity index (χ1) is 7.79. The van der Waals surface area contributed by atoms with E-state index >= 15 is 0 Å². The molecule has 1 aromatic rings. The number of aliphatic hydroxyl groups excluding tert-OH is 1. The summed E-state index contributed by atoms with van der Waals surface area (Å²) in [6.45, 7) is 0.0516. The molecule has 1 aliphatic rings. The number of ketones is 1. The molecule has 86 valence electrons. The van der Waals surface area contributed by atoms with Crippen molar-refractivity contribution in [3.8, 4) is 0 Å². The molecule has 1 saturated heterocycles. The molecular weight excluding hydrogens is 204 g/mol. The predicted molar refractivity (Wildman–Crippen MR) is 60.4 cm³/mol. The fourth-order valence-electron chi connectivity index (χ4n) is 2.01. The van der Waals surface area contributed by atoms with Crippen LogP contribution in [0.15, 0.2) is 30.3 Å². The summed E-state index contributed by atoms with van der Waals surface area (Å²) in [4.78, 5) is 11.9. The lowest BCUT2D eigenvalue weighted by Gasteiger charge is -2.11. The quantitative estimate of drug-likeness (QED) is 0.787. The van der Waals surface area contributed by atoms with Gasteiger partial charge in [0.2, 0.25) is 0 Å². The summed E-state index contributed by atoms with van der Waals surface area (Å²) < 4.78 is 5.53. The van der Waals surface area contributed by atoms with Crippen molar-refractivity contribution in [2.24, 2.45) is 0 Å². The second kappa shape index (κ2) is 5.23. The molecule has 0 aliphatic carbocycles. The molecule has 2 atom stereocenters. The van der Waals surface area contributed by atoms with Crippen molar-refractivity contribution in [3.05, 3.63) is 35.9 Å². The minimum absolute atomic E-state index is 0.0233.